The van der Waals surface area contributed by atoms with Crippen LogP contribution < -0.4 is 26.7 Å². The number of alkyl halides is 3. The van der Waals surface area contributed by atoms with Gasteiger partial charge in [-0.3, -0.25) is 28.9 Å². The smallest absolute Gasteiger partial charge is 0.416 e. The van der Waals surface area contributed by atoms with Gasteiger partial charge in [0.2, 0.25) is 5.91 Å². The molecular weight excluding hydrogens is 646 g/mol. The first-order chi connectivity index (χ1) is 22.6. The Morgan fingerprint density at radius 3 is 2.48 bits per heavy atom. The third kappa shape index (κ3) is 10.9. The second kappa shape index (κ2) is 16.5. The van der Waals surface area contributed by atoms with Gasteiger partial charge in [0, 0.05) is 42.2 Å². The fraction of sp³-hybridized carbons (Fsp3) is 0.323. The van der Waals surface area contributed by atoms with Crippen molar-refractivity contribution in [1.82, 2.24) is 15.2 Å². The largest absolute Gasteiger partial charge is 0.493 e. The number of rotatable bonds is 15. The van der Waals surface area contributed by atoms with Crippen LogP contribution in [0.1, 0.15) is 34.8 Å². The molecule has 3 rings (SSSR count). The molecule has 13 nitrogen and oxygen atoms in total. The maximum absolute atomic E-state index is 15.0. The zero-order chi connectivity index (χ0) is 35.6. The molecule has 0 aliphatic carbocycles. The summed E-state index contributed by atoms with van der Waals surface area (Å²) < 4.78 is 66.3. The molecule has 1 atom stereocenters. The van der Waals surface area contributed by atoms with Gasteiger partial charge in [-0.1, -0.05) is 12.1 Å². The molecule has 0 bridgehead atoms. The lowest BCUT2D eigenvalue weighted by atomic mass is 10.0. The normalized spacial score (nSPS) is 11.9. The van der Waals surface area contributed by atoms with E-state index in [1.807, 2.05) is 0 Å². The Morgan fingerprint density at radius 1 is 1.10 bits per heavy atom. The summed E-state index contributed by atoms with van der Waals surface area (Å²) in [5.74, 6) is -4.55. The fourth-order valence-corrected chi connectivity index (χ4v) is 4.22. The Kier molecular flexibility index (Phi) is 12.8. The van der Waals surface area contributed by atoms with Crippen LogP contribution in [-0.2, 0) is 31.7 Å². The number of nitrogens with one attached hydrogen (secondary N) is 3. The molecule has 0 aliphatic rings. The van der Waals surface area contributed by atoms with Gasteiger partial charge in [0.15, 0.2) is 0 Å². The third-order valence-electron chi connectivity index (χ3n) is 6.64. The Hall–Kier alpha value is -5.29. The van der Waals surface area contributed by atoms with Crippen LogP contribution in [0.2, 0.25) is 0 Å². The lowest BCUT2D eigenvalue weighted by Gasteiger charge is -2.18. The number of carboxylic acids is 1. The van der Waals surface area contributed by atoms with Crippen molar-refractivity contribution in [3.05, 3.63) is 81.5 Å². The summed E-state index contributed by atoms with van der Waals surface area (Å²) in [6.45, 7) is 1.70. The summed E-state index contributed by atoms with van der Waals surface area (Å²) in [6, 6.07) is 5.99. The number of halogens is 4. The SMILES string of the molecule is CCOc1cc(=O)[nH]cc1-c1ccc(CC(=O)Nc2cc(C(=O)NCCN(C)COC(=O)C[C@H](N)C(=O)O)cc(C(F)(F)F)c2)c(F)c1. The number of carboxylic acid groups (broad SMARTS) is 1. The number of hydrogen-bond acceptors (Lipinski definition) is 9. The van der Waals surface area contributed by atoms with E-state index in [2.05, 4.69) is 15.6 Å². The van der Waals surface area contributed by atoms with Crippen LogP contribution in [0.15, 0.2) is 53.5 Å². The van der Waals surface area contributed by atoms with E-state index in [1.54, 1.807) is 6.92 Å². The summed E-state index contributed by atoms with van der Waals surface area (Å²) in [5.41, 5.74) is 3.54. The number of pyridine rings is 1. The monoisotopic (exact) mass is 679 g/mol. The van der Waals surface area contributed by atoms with Gasteiger partial charge >= 0.3 is 18.1 Å². The van der Waals surface area contributed by atoms with E-state index in [-0.39, 0.29) is 43.4 Å². The summed E-state index contributed by atoms with van der Waals surface area (Å²) in [6.07, 6.45) is -4.61. The van der Waals surface area contributed by atoms with Crippen molar-refractivity contribution in [2.45, 2.75) is 32.0 Å². The number of ether oxygens (including phenoxy) is 2. The molecular formula is C31H33F4N5O8. The molecule has 17 heteroatoms. The average molecular weight is 680 g/mol. The molecule has 1 aromatic heterocycles. The number of nitrogens with zero attached hydrogens (tertiary/aromatic N) is 1. The molecule has 48 heavy (non-hydrogen) atoms. The minimum absolute atomic E-state index is 0.0666. The average Bonchev–Trinajstić information content (AvgIpc) is 3.00. The Bertz CT molecular complexity index is 1710. The summed E-state index contributed by atoms with van der Waals surface area (Å²) in [5, 5.41) is 13.4. The number of nitrogens with two attached hydrogens (primary N) is 1. The molecule has 0 saturated carbocycles. The van der Waals surface area contributed by atoms with Crippen LogP contribution in [0, 0.1) is 5.82 Å². The van der Waals surface area contributed by atoms with Gasteiger partial charge in [0.25, 0.3) is 11.5 Å². The maximum atomic E-state index is 15.0. The Balaban J connectivity index is 1.65. The molecule has 0 unspecified atom stereocenters. The zero-order valence-corrected chi connectivity index (χ0v) is 25.8. The first-order valence-electron chi connectivity index (χ1n) is 14.3. The van der Waals surface area contributed by atoms with Crippen molar-refractivity contribution in [3.63, 3.8) is 0 Å². The highest BCUT2D eigenvalue weighted by atomic mass is 19.4. The van der Waals surface area contributed by atoms with Crippen molar-refractivity contribution < 1.29 is 51.3 Å². The van der Waals surface area contributed by atoms with E-state index < -0.39 is 71.3 Å². The van der Waals surface area contributed by atoms with E-state index in [0.29, 0.717) is 23.3 Å². The second-order valence-electron chi connectivity index (χ2n) is 10.5. The highest BCUT2D eigenvalue weighted by Gasteiger charge is 2.32. The molecule has 6 N–H and O–H groups in total. The number of amides is 2. The van der Waals surface area contributed by atoms with Gasteiger partial charge in [-0.25, -0.2) is 4.39 Å². The maximum Gasteiger partial charge on any atom is 0.416 e. The van der Waals surface area contributed by atoms with E-state index in [4.69, 9.17) is 20.3 Å². The number of aromatic nitrogens is 1. The highest BCUT2D eigenvalue weighted by molar-refractivity contribution is 5.98. The predicted octanol–water partition coefficient (Wildman–Crippen LogP) is 2.74. The molecule has 2 amide bonds. The summed E-state index contributed by atoms with van der Waals surface area (Å²) >= 11 is 0. The number of aromatic amines is 1. The fourth-order valence-electron chi connectivity index (χ4n) is 4.22. The number of carbonyl (C=O) groups is 4. The quantitative estimate of drug-likeness (QED) is 0.0906. The highest BCUT2D eigenvalue weighted by Crippen LogP contribution is 2.33. The van der Waals surface area contributed by atoms with Gasteiger partial charge in [-0.05, 0) is 49.4 Å². The second-order valence-corrected chi connectivity index (χ2v) is 10.5. The lowest BCUT2D eigenvalue weighted by Crippen LogP contribution is -2.36. The van der Waals surface area contributed by atoms with E-state index >= 15 is 4.39 Å². The summed E-state index contributed by atoms with van der Waals surface area (Å²) in [7, 11) is 1.51. The van der Waals surface area contributed by atoms with Crippen LogP contribution in [-0.4, -0.2) is 78.3 Å². The molecule has 0 radical (unpaired) electrons. The number of hydrogen-bond donors (Lipinski definition) is 5. The predicted molar refractivity (Wildman–Crippen MR) is 164 cm³/mol. The molecule has 0 saturated heterocycles. The van der Waals surface area contributed by atoms with Crippen LogP contribution in [0.4, 0.5) is 23.2 Å². The van der Waals surface area contributed by atoms with Gasteiger partial charge in [-0.2, -0.15) is 13.2 Å². The van der Waals surface area contributed by atoms with Gasteiger partial charge < -0.3 is 35.9 Å². The van der Waals surface area contributed by atoms with Crippen LogP contribution >= 0.6 is 0 Å². The first-order valence-corrected chi connectivity index (χ1v) is 14.3. The number of benzene rings is 2. The third-order valence-corrected chi connectivity index (χ3v) is 6.64. The molecule has 0 aliphatic heterocycles. The molecule has 1 heterocycles. The molecule has 0 fully saturated rings. The minimum atomic E-state index is -4.87. The topological polar surface area (TPSA) is 193 Å². The van der Waals surface area contributed by atoms with Crippen molar-refractivity contribution in [2.24, 2.45) is 5.73 Å². The number of anilines is 1. The van der Waals surface area contributed by atoms with Crippen LogP contribution in [0.5, 0.6) is 5.75 Å². The molecule has 0 spiro atoms. The minimum Gasteiger partial charge on any atom is -0.493 e. The van der Waals surface area contributed by atoms with Crippen LogP contribution in [0.3, 0.4) is 0 Å². The Labute approximate surface area is 271 Å². The molecule has 258 valence electrons. The van der Waals surface area contributed by atoms with E-state index in [9.17, 15) is 37.1 Å². The van der Waals surface area contributed by atoms with E-state index in [0.717, 1.165) is 12.1 Å². The first kappa shape index (κ1) is 37.2. The number of carbonyl (C=O) groups excluding carboxylic acids is 3. The van der Waals surface area contributed by atoms with Gasteiger partial charge in [0.1, 0.15) is 24.3 Å². The number of esters is 1. The van der Waals surface area contributed by atoms with Crippen LogP contribution in [0.25, 0.3) is 11.1 Å². The van der Waals surface area contributed by atoms with Gasteiger partial charge in [0.05, 0.1) is 25.0 Å². The number of likely N-dealkylation sites (N-methyl/N-ethyl adjacent to an activating group) is 1. The molecule has 3 aromatic rings. The summed E-state index contributed by atoms with van der Waals surface area (Å²) in [4.78, 5) is 63.4. The molecule has 2 aromatic carbocycles. The van der Waals surface area contributed by atoms with Crippen molar-refractivity contribution in [1.29, 1.82) is 0 Å². The zero-order valence-electron chi connectivity index (χ0n) is 25.8. The lowest BCUT2D eigenvalue weighted by molar-refractivity contribution is -0.152. The Morgan fingerprint density at radius 2 is 1.83 bits per heavy atom. The van der Waals surface area contributed by atoms with Crippen molar-refractivity contribution in [2.75, 3.05) is 38.8 Å². The van der Waals surface area contributed by atoms with Crippen molar-refractivity contribution in [3.8, 4) is 16.9 Å². The van der Waals surface area contributed by atoms with Crippen molar-refractivity contribution >= 4 is 29.4 Å². The number of H-pyrrole nitrogens is 1. The van der Waals surface area contributed by atoms with E-state index in [1.165, 1.54) is 36.3 Å². The van der Waals surface area contributed by atoms with Gasteiger partial charge in [-0.15, -0.1) is 0 Å². The number of aliphatic carboxylic acids is 1. The standard InChI is InChI=1S/C31H33F4N5O8/c1-3-47-25-14-26(41)38-15-22(25)17-4-5-18(23(32)10-17)11-27(42)39-21-9-19(8-20(12-21)31(33,34)35)29(44)37-6-7-40(2)16-48-28(43)13-24(36)30(45)46/h4-5,8-10,12,14-15,24H,3,6-7,11,13,16,36H2,1-2H3,(H,37,44)(H,38,41)(H,39,42)(H,45,46)/t24-/m0/s1.